The Labute approximate surface area is 102 Å². The lowest BCUT2D eigenvalue weighted by atomic mass is 9.70. The van der Waals surface area contributed by atoms with Gasteiger partial charge in [-0.3, -0.25) is 0 Å². The average Bonchev–Trinajstić information content (AvgIpc) is 2.66. The smallest absolute Gasteiger partial charge is 0.113 e. The number of nitrogens with one attached hydrogen (secondary N) is 1. The van der Waals surface area contributed by atoms with E-state index in [9.17, 15) is 0 Å². The van der Waals surface area contributed by atoms with Gasteiger partial charge < -0.3 is 5.32 Å². The van der Waals surface area contributed by atoms with E-state index in [-0.39, 0.29) is 5.54 Å². The normalized spacial score (nSPS) is 35.2. The van der Waals surface area contributed by atoms with Gasteiger partial charge in [0.25, 0.3) is 0 Å². The molecule has 0 aliphatic heterocycles. The first-order chi connectivity index (χ1) is 7.58. The standard InChI is InChI=1S/C13H22N2S/c1-9-5-6-13(14-4,10(2)7-9)12-15-11(3)8-16-12/h8-10,14H,5-7H2,1-4H3. The van der Waals surface area contributed by atoms with Crippen LogP contribution in [0.4, 0.5) is 0 Å². The molecule has 3 atom stereocenters. The van der Waals surface area contributed by atoms with Crippen molar-refractivity contribution in [3.63, 3.8) is 0 Å². The second-order valence-corrected chi connectivity index (χ2v) is 6.15. The number of aryl methyl sites for hydroxylation is 1. The van der Waals surface area contributed by atoms with Gasteiger partial charge in [0.05, 0.1) is 5.54 Å². The maximum atomic E-state index is 4.71. The van der Waals surface area contributed by atoms with Crippen molar-refractivity contribution in [2.24, 2.45) is 11.8 Å². The lowest BCUT2D eigenvalue weighted by Crippen LogP contribution is -2.48. The molecule has 0 spiro atoms. The summed E-state index contributed by atoms with van der Waals surface area (Å²) < 4.78 is 0. The molecule has 1 aromatic rings. The molecule has 3 heteroatoms. The third-order valence-corrected chi connectivity index (χ3v) is 5.21. The summed E-state index contributed by atoms with van der Waals surface area (Å²) in [5, 5.41) is 7.02. The van der Waals surface area contributed by atoms with E-state index in [1.807, 2.05) is 11.3 Å². The Morgan fingerprint density at radius 1 is 1.50 bits per heavy atom. The molecule has 2 nitrogen and oxygen atoms in total. The van der Waals surface area contributed by atoms with E-state index >= 15 is 0 Å². The highest BCUT2D eigenvalue weighted by atomic mass is 32.1. The Kier molecular flexibility index (Phi) is 3.36. The maximum Gasteiger partial charge on any atom is 0.113 e. The molecule has 0 saturated heterocycles. The van der Waals surface area contributed by atoms with E-state index in [1.54, 1.807) is 0 Å². The van der Waals surface area contributed by atoms with Crippen LogP contribution in [0.25, 0.3) is 0 Å². The van der Waals surface area contributed by atoms with Gasteiger partial charge in [0.1, 0.15) is 5.01 Å². The van der Waals surface area contributed by atoms with Crippen molar-refractivity contribution in [1.29, 1.82) is 0 Å². The fraction of sp³-hybridized carbons (Fsp3) is 0.769. The average molecular weight is 238 g/mol. The van der Waals surface area contributed by atoms with Crippen LogP contribution in [-0.2, 0) is 5.54 Å². The van der Waals surface area contributed by atoms with E-state index in [0.29, 0.717) is 5.92 Å². The summed E-state index contributed by atoms with van der Waals surface area (Å²) in [7, 11) is 2.09. The first-order valence-electron chi connectivity index (χ1n) is 6.20. The third kappa shape index (κ3) is 1.91. The minimum atomic E-state index is 0.130. The lowest BCUT2D eigenvalue weighted by molar-refractivity contribution is 0.130. The second-order valence-electron chi connectivity index (χ2n) is 5.30. The van der Waals surface area contributed by atoms with Crippen LogP contribution in [0.3, 0.4) is 0 Å². The van der Waals surface area contributed by atoms with Gasteiger partial charge in [-0.2, -0.15) is 0 Å². The van der Waals surface area contributed by atoms with E-state index in [2.05, 4.69) is 38.5 Å². The molecule has 1 fully saturated rings. The van der Waals surface area contributed by atoms with Gasteiger partial charge in [0.2, 0.25) is 0 Å². The van der Waals surface area contributed by atoms with Crippen molar-refractivity contribution < 1.29 is 0 Å². The predicted octanol–water partition coefficient (Wildman–Crippen LogP) is 3.32. The largest absolute Gasteiger partial charge is 0.308 e. The van der Waals surface area contributed by atoms with Crippen molar-refractivity contribution in [3.8, 4) is 0 Å². The summed E-state index contributed by atoms with van der Waals surface area (Å²) in [5.74, 6) is 1.53. The van der Waals surface area contributed by atoms with E-state index in [4.69, 9.17) is 4.98 Å². The zero-order valence-electron chi connectivity index (χ0n) is 10.7. The molecule has 1 aliphatic carbocycles. The van der Waals surface area contributed by atoms with Crippen LogP contribution in [0.15, 0.2) is 5.38 Å². The van der Waals surface area contributed by atoms with Gasteiger partial charge in [-0.1, -0.05) is 13.8 Å². The SMILES string of the molecule is CNC1(c2nc(C)cs2)CCC(C)CC1C. The van der Waals surface area contributed by atoms with Crippen molar-refractivity contribution in [2.45, 2.75) is 45.6 Å². The van der Waals surface area contributed by atoms with Crippen molar-refractivity contribution in [2.75, 3.05) is 7.05 Å². The molecule has 3 unspecified atom stereocenters. The molecular formula is C13H22N2S. The van der Waals surface area contributed by atoms with Crippen molar-refractivity contribution >= 4 is 11.3 Å². The number of thiazole rings is 1. The van der Waals surface area contributed by atoms with Crippen LogP contribution in [0.2, 0.25) is 0 Å². The molecule has 0 aromatic carbocycles. The Morgan fingerprint density at radius 3 is 2.75 bits per heavy atom. The summed E-state index contributed by atoms with van der Waals surface area (Å²) in [6.07, 6.45) is 3.84. The lowest BCUT2D eigenvalue weighted by Gasteiger charge is -2.43. The van der Waals surface area contributed by atoms with Gasteiger partial charge in [-0.25, -0.2) is 4.98 Å². The number of rotatable bonds is 2. The van der Waals surface area contributed by atoms with Gasteiger partial charge in [0.15, 0.2) is 0 Å². The molecule has 90 valence electrons. The van der Waals surface area contributed by atoms with Crippen LogP contribution in [-0.4, -0.2) is 12.0 Å². The summed E-state index contributed by atoms with van der Waals surface area (Å²) >= 11 is 1.81. The fourth-order valence-corrected chi connectivity index (χ4v) is 4.15. The van der Waals surface area contributed by atoms with Gasteiger partial charge in [0, 0.05) is 11.1 Å². The van der Waals surface area contributed by atoms with E-state index in [1.165, 1.54) is 24.3 Å². The number of aromatic nitrogens is 1. The van der Waals surface area contributed by atoms with Crippen LogP contribution in [0.1, 0.15) is 43.8 Å². The number of hydrogen-bond donors (Lipinski definition) is 1. The van der Waals surface area contributed by atoms with E-state index < -0.39 is 0 Å². The molecule has 0 radical (unpaired) electrons. The van der Waals surface area contributed by atoms with Crippen LogP contribution in [0.5, 0.6) is 0 Å². The first-order valence-corrected chi connectivity index (χ1v) is 7.08. The Balaban J connectivity index is 2.32. The topological polar surface area (TPSA) is 24.9 Å². The van der Waals surface area contributed by atoms with Gasteiger partial charge in [-0.15, -0.1) is 11.3 Å². The molecule has 1 heterocycles. The third-order valence-electron chi connectivity index (χ3n) is 4.08. The number of nitrogens with zero attached hydrogens (tertiary/aromatic N) is 1. The molecule has 1 saturated carbocycles. The summed E-state index contributed by atoms with van der Waals surface area (Å²) in [6, 6.07) is 0. The summed E-state index contributed by atoms with van der Waals surface area (Å²) in [5.41, 5.74) is 1.28. The molecule has 16 heavy (non-hydrogen) atoms. The summed E-state index contributed by atoms with van der Waals surface area (Å²) in [6.45, 7) is 6.81. The second kappa shape index (κ2) is 4.46. The zero-order valence-corrected chi connectivity index (χ0v) is 11.5. The Hall–Kier alpha value is -0.410. The zero-order chi connectivity index (χ0) is 11.8. The van der Waals surface area contributed by atoms with E-state index in [0.717, 1.165) is 11.6 Å². The maximum absolute atomic E-state index is 4.71. The molecule has 0 bridgehead atoms. The highest BCUT2D eigenvalue weighted by Gasteiger charge is 2.42. The number of hydrogen-bond acceptors (Lipinski definition) is 3. The Bertz CT molecular complexity index is 361. The molecule has 1 N–H and O–H groups in total. The van der Waals surface area contributed by atoms with Crippen molar-refractivity contribution in [1.82, 2.24) is 10.3 Å². The molecule has 0 amide bonds. The van der Waals surface area contributed by atoms with Gasteiger partial charge >= 0.3 is 0 Å². The molecule has 1 aromatic heterocycles. The highest BCUT2D eigenvalue weighted by molar-refractivity contribution is 7.09. The minimum Gasteiger partial charge on any atom is -0.308 e. The predicted molar refractivity (Wildman–Crippen MR) is 69.8 cm³/mol. The van der Waals surface area contributed by atoms with Crippen LogP contribution in [0, 0.1) is 18.8 Å². The minimum absolute atomic E-state index is 0.130. The van der Waals surface area contributed by atoms with Crippen LogP contribution < -0.4 is 5.32 Å². The molecular weight excluding hydrogens is 216 g/mol. The fourth-order valence-electron chi connectivity index (χ4n) is 3.00. The quantitative estimate of drug-likeness (QED) is 0.855. The molecule has 2 rings (SSSR count). The van der Waals surface area contributed by atoms with Crippen LogP contribution >= 0.6 is 11.3 Å². The van der Waals surface area contributed by atoms with Gasteiger partial charge in [-0.05, 0) is 45.1 Å². The summed E-state index contributed by atoms with van der Waals surface area (Å²) in [4.78, 5) is 4.71. The Morgan fingerprint density at radius 2 is 2.25 bits per heavy atom. The monoisotopic (exact) mass is 238 g/mol. The molecule has 1 aliphatic rings. The highest BCUT2D eigenvalue weighted by Crippen LogP contribution is 2.44. The first kappa shape index (κ1) is 12.1. The van der Waals surface area contributed by atoms with Crippen molar-refractivity contribution in [3.05, 3.63) is 16.1 Å².